The summed E-state index contributed by atoms with van der Waals surface area (Å²) in [7, 11) is 0. The lowest BCUT2D eigenvalue weighted by atomic mass is 10.2. The zero-order valence-corrected chi connectivity index (χ0v) is 18.4. The molecule has 1 N–H and O–H groups in total. The SMILES string of the molecule is O=C(Nc1nc(-c2ccc(Oc3ccccc3)cc2)cs1)c1sc2ccccc2c1Cl. The van der Waals surface area contributed by atoms with Crippen molar-refractivity contribution in [2.45, 2.75) is 0 Å². The number of rotatable bonds is 5. The van der Waals surface area contributed by atoms with Gasteiger partial charge in [0.1, 0.15) is 16.4 Å². The van der Waals surface area contributed by atoms with E-state index in [4.69, 9.17) is 16.3 Å². The monoisotopic (exact) mass is 462 g/mol. The first kappa shape index (κ1) is 19.8. The number of fused-ring (bicyclic) bond motifs is 1. The lowest BCUT2D eigenvalue weighted by Gasteiger charge is -2.05. The average molecular weight is 463 g/mol. The van der Waals surface area contributed by atoms with Gasteiger partial charge < -0.3 is 4.74 Å². The molecule has 7 heteroatoms. The Kier molecular flexibility index (Phi) is 5.42. The number of para-hydroxylation sites is 1. The molecule has 2 aromatic heterocycles. The van der Waals surface area contributed by atoms with Crippen molar-refractivity contribution in [3.8, 4) is 22.8 Å². The third-order valence-electron chi connectivity index (χ3n) is 4.59. The van der Waals surface area contributed by atoms with E-state index in [9.17, 15) is 4.79 Å². The maximum Gasteiger partial charge on any atom is 0.269 e. The summed E-state index contributed by atoms with van der Waals surface area (Å²) in [5, 5.41) is 6.66. The van der Waals surface area contributed by atoms with Crippen LogP contribution in [-0.4, -0.2) is 10.9 Å². The van der Waals surface area contributed by atoms with Crippen LogP contribution >= 0.6 is 34.3 Å². The molecule has 5 rings (SSSR count). The summed E-state index contributed by atoms with van der Waals surface area (Å²) in [4.78, 5) is 17.8. The van der Waals surface area contributed by atoms with Crippen molar-refractivity contribution in [3.05, 3.63) is 94.1 Å². The number of nitrogens with one attached hydrogen (secondary N) is 1. The Balaban J connectivity index is 1.30. The second-order valence-electron chi connectivity index (χ2n) is 6.67. The number of halogens is 1. The highest BCUT2D eigenvalue weighted by molar-refractivity contribution is 7.21. The van der Waals surface area contributed by atoms with E-state index in [1.807, 2.05) is 84.2 Å². The standard InChI is InChI=1S/C24H15ClN2O2S2/c25-21-18-8-4-5-9-20(18)31-22(21)23(28)27-24-26-19(14-30-24)15-10-12-17(13-11-15)29-16-6-2-1-3-7-16/h1-14H,(H,26,27,28). The molecule has 0 saturated heterocycles. The summed E-state index contributed by atoms with van der Waals surface area (Å²) >= 11 is 9.16. The van der Waals surface area contributed by atoms with Crippen LogP contribution in [0.25, 0.3) is 21.3 Å². The summed E-state index contributed by atoms with van der Waals surface area (Å²) < 4.78 is 6.81. The van der Waals surface area contributed by atoms with Gasteiger partial charge in [0.15, 0.2) is 5.13 Å². The van der Waals surface area contributed by atoms with Crippen LogP contribution in [0, 0.1) is 0 Å². The molecule has 4 nitrogen and oxygen atoms in total. The Bertz CT molecular complexity index is 1360. The Morgan fingerprint density at radius 2 is 1.61 bits per heavy atom. The van der Waals surface area contributed by atoms with Gasteiger partial charge in [0.05, 0.1) is 10.7 Å². The Labute approximate surface area is 191 Å². The van der Waals surface area contributed by atoms with Gasteiger partial charge in [-0.25, -0.2) is 4.98 Å². The van der Waals surface area contributed by atoms with Crippen molar-refractivity contribution >= 4 is 55.4 Å². The van der Waals surface area contributed by atoms with Crippen LogP contribution in [0.4, 0.5) is 5.13 Å². The first-order chi connectivity index (χ1) is 15.2. The van der Waals surface area contributed by atoms with Crippen LogP contribution < -0.4 is 10.1 Å². The van der Waals surface area contributed by atoms with Crippen molar-refractivity contribution in [2.75, 3.05) is 5.32 Å². The molecule has 3 aromatic carbocycles. The summed E-state index contributed by atoms with van der Waals surface area (Å²) in [6.07, 6.45) is 0. The maximum atomic E-state index is 12.7. The molecule has 0 unspecified atom stereocenters. The van der Waals surface area contributed by atoms with E-state index in [2.05, 4.69) is 10.3 Å². The number of carbonyl (C=O) groups excluding carboxylic acids is 1. The molecule has 0 spiro atoms. The van der Waals surface area contributed by atoms with Crippen LogP contribution in [0.3, 0.4) is 0 Å². The Morgan fingerprint density at radius 1 is 0.903 bits per heavy atom. The minimum atomic E-state index is -0.251. The van der Waals surface area contributed by atoms with Crippen molar-refractivity contribution in [3.63, 3.8) is 0 Å². The van der Waals surface area contributed by atoms with Crippen LogP contribution in [0.2, 0.25) is 5.02 Å². The predicted molar refractivity (Wildman–Crippen MR) is 129 cm³/mol. The molecule has 31 heavy (non-hydrogen) atoms. The van der Waals surface area contributed by atoms with Crippen LogP contribution in [0.1, 0.15) is 9.67 Å². The maximum absolute atomic E-state index is 12.7. The predicted octanol–water partition coefficient (Wildman–Crippen LogP) is 7.72. The van der Waals surface area contributed by atoms with Gasteiger partial charge >= 0.3 is 0 Å². The van der Waals surface area contributed by atoms with E-state index in [0.29, 0.717) is 15.0 Å². The number of aromatic nitrogens is 1. The van der Waals surface area contributed by atoms with Crippen LogP contribution in [0.15, 0.2) is 84.2 Å². The number of amides is 1. The number of anilines is 1. The molecule has 0 aliphatic heterocycles. The van der Waals surface area contributed by atoms with Gasteiger partial charge in [-0.05, 0) is 42.5 Å². The van der Waals surface area contributed by atoms with Gasteiger partial charge in [0.2, 0.25) is 0 Å². The third kappa shape index (κ3) is 4.18. The summed E-state index contributed by atoms with van der Waals surface area (Å²) in [5.74, 6) is 1.28. The first-order valence-electron chi connectivity index (χ1n) is 9.44. The molecule has 0 saturated carbocycles. The number of benzene rings is 3. The first-order valence-corrected chi connectivity index (χ1v) is 11.5. The van der Waals surface area contributed by atoms with E-state index in [0.717, 1.165) is 32.8 Å². The van der Waals surface area contributed by atoms with E-state index in [1.165, 1.54) is 22.7 Å². The number of carbonyl (C=O) groups is 1. The number of ether oxygens (including phenoxy) is 1. The molecule has 0 aliphatic carbocycles. The fourth-order valence-electron chi connectivity index (χ4n) is 3.10. The topological polar surface area (TPSA) is 51.2 Å². The van der Waals surface area contributed by atoms with E-state index in [1.54, 1.807) is 0 Å². The van der Waals surface area contributed by atoms with Gasteiger partial charge in [-0.2, -0.15) is 0 Å². The highest BCUT2D eigenvalue weighted by Crippen LogP contribution is 2.36. The number of nitrogens with zero attached hydrogens (tertiary/aromatic N) is 1. The van der Waals surface area contributed by atoms with Crippen molar-refractivity contribution < 1.29 is 9.53 Å². The Hall–Kier alpha value is -3.19. The molecule has 5 aromatic rings. The summed E-state index contributed by atoms with van der Waals surface area (Å²) in [6.45, 7) is 0. The Morgan fingerprint density at radius 3 is 2.39 bits per heavy atom. The number of hydrogen-bond donors (Lipinski definition) is 1. The molecule has 0 radical (unpaired) electrons. The quantitative estimate of drug-likeness (QED) is 0.291. The molecule has 1 amide bonds. The second-order valence-corrected chi connectivity index (χ2v) is 8.96. The van der Waals surface area contributed by atoms with Crippen LogP contribution in [0.5, 0.6) is 11.5 Å². The smallest absolute Gasteiger partial charge is 0.269 e. The highest BCUT2D eigenvalue weighted by atomic mass is 35.5. The molecule has 2 heterocycles. The van der Waals surface area contributed by atoms with E-state index < -0.39 is 0 Å². The van der Waals surface area contributed by atoms with Crippen molar-refractivity contribution in [1.82, 2.24) is 4.98 Å². The minimum absolute atomic E-state index is 0.251. The zero-order valence-electron chi connectivity index (χ0n) is 16.0. The molecule has 0 bridgehead atoms. The average Bonchev–Trinajstić information content (AvgIpc) is 3.40. The fraction of sp³-hybridized carbons (Fsp3) is 0. The summed E-state index contributed by atoms with van der Waals surface area (Å²) in [5.41, 5.74) is 1.73. The highest BCUT2D eigenvalue weighted by Gasteiger charge is 2.18. The van der Waals surface area contributed by atoms with Gasteiger partial charge in [0.25, 0.3) is 5.91 Å². The normalized spacial score (nSPS) is 10.9. The third-order valence-corrected chi connectivity index (χ3v) is 7.03. The summed E-state index contributed by atoms with van der Waals surface area (Å²) in [6, 6.07) is 25.0. The van der Waals surface area contributed by atoms with Gasteiger partial charge in [-0.1, -0.05) is 48.0 Å². The van der Waals surface area contributed by atoms with Gasteiger partial charge in [-0.3, -0.25) is 10.1 Å². The molecule has 0 atom stereocenters. The van der Waals surface area contributed by atoms with Crippen molar-refractivity contribution in [2.24, 2.45) is 0 Å². The largest absolute Gasteiger partial charge is 0.457 e. The van der Waals surface area contributed by atoms with Gasteiger partial charge in [-0.15, -0.1) is 22.7 Å². The number of hydrogen-bond acceptors (Lipinski definition) is 5. The number of thiophene rings is 1. The van der Waals surface area contributed by atoms with Crippen molar-refractivity contribution in [1.29, 1.82) is 0 Å². The minimum Gasteiger partial charge on any atom is -0.457 e. The molecule has 0 fully saturated rings. The molecule has 0 aliphatic rings. The van der Waals surface area contributed by atoms with E-state index >= 15 is 0 Å². The number of thiazole rings is 1. The zero-order chi connectivity index (χ0) is 21.2. The molecule has 152 valence electrons. The van der Waals surface area contributed by atoms with Gasteiger partial charge in [0, 0.05) is 21.0 Å². The lowest BCUT2D eigenvalue weighted by molar-refractivity contribution is 0.103. The second kappa shape index (κ2) is 8.51. The van der Waals surface area contributed by atoms with Crippen LogP contribution in [-0.2, 0) is 0 Å². The fourth-order valence-corrected chi connectivity index (χ4v) is 5.22. The molecular formula is C24H15ClN2O2S2. The van der Waals surface area contributed by atoms with E-state index in [-0.39, 0.29) is 5.91 Å². The lowest BCUT2D eigenvalue weighted by Crippen LogP contribution is -2.10. The molecular weight excluding hydrogens is 448 g/mol.